The number of hydrogen-bond donors (Lipinski definition) is 0. The molecular formula is C19H25PSi. The van der Waals surface area contributed by atoms with Crippen molar-refractivity contribution in [3.05, 3.63) is 73.3 Å². The van der Waals surface area contributed by atoms with Crippen LogP contribution in [0.1, 0.15) is 6.42 Å². The second kappa shape index (κ2) is 8.97. The van der Waals surface area contributed by atoms with Crippen molar-refractivity contribution in [2.45, 2.75) is 25.1 Å². The van der Waals surface area contributed by atoms with E-state index in [0.717, 1.165) is 0 Å². The zero-order valence-electron chi connectivity index (χ0n) is 12.9. The molecule has 0 N–H and O–H groups in total. The summed E-state index contributed by atoms with van der Waals surface area (Å²) in [6.45, 7) is 6.35. The Bertz CT molecular complexity index is 484. The highest BCUT2D eigenvalue weighted by molar-refractivity contribution is 7.73. The first-order chi connectivity index (χ1) is 10.3. The molecule has 2 aromatic carbocycles. The van der Waals surface area contributed by atoms with Crippen molar-refractivity contribution in [1.82, 2.24) is 0 Å². The second-order valence-electron chi connectivity index (χ2n) is 5.59. The van der Waals surface area contributed by atoms with Crippen LogP contribution in [0.3, 0.4) is 0 Å². The average Bonchev–Trinajstić information content (AvgIpc) is 2.53. The Morgan fingerprint density at radius 2 is 1.48 bits per heavy atom. The molecule has 0 fully saturated rings. The maximum atomic E-state index is 3.88. The van der Waals surface area contributed by atoms with Crippen molar-refractivity contribution in [3.63, 3.8) is 0 Å². The molecule has 2 rings (SSSR count). The zero-order valence-corrected chi connectivity index (χ0v) is 15.0. The first kappa shape index (κ1) is 16.2. The predicted octanol–water partition coefficient (Wildman–Crippen LogP) is 4.55. The van der Waals surface area contributed by atoms with Gasteiger partial charge in [-0.1, -0.05) is 85.8 Å². The molecule has 0 nitrogen and oxygen atoms in total. The van der Waals surface area contributed by atoms with E-state index < -0.39 is 8.80 Å². The van der Waals surface area contributed by atoms with Crippen molar-refractivity contribution < 1.29 is 0 Å². The standard InChI is InChI=1S/C19H25PSi/c1-3-16-21(2)17-10-15-20(18-11-6-4-7-12-18)19-13-8-5-9-14-19/h3-9,11-14,21H,1,10,15-17H2,2H3. The number of benzene rings is 2. The molecule has 110 valence electrons. The van der Waals surface area contributed by atoms with Gasteiger partial charge in [0.15, 0.2) is 0 Å². The lowest BCUT2D eigenvalue weighted by Gasteiger charge is -2.19. The average molecular weight is 312 g/mol. The third-order valence-electron chi connectivity index (χ3n) is 3.78. The third-order valence-corrected chi connectivity index (χ3v) is 8.92. The number of allylic oxidation sites excluding steroid dienone is 1. The molecule has 1 unspecified atom stereocenters. The van der Waals surface area contributed by atoms with Crippen molar-refractivity contribution in [1.29, 1.82) is 0 Å². The zero-order chi connectivity index (χ0) is 14.9. The summed E-state index contributed by atoms with van der Waals surface area (Å²) in [6.07, 6.45) is 4.78. The van der Waals surface area contributed by atoms with Crippen LogP contribution in [-0.2, 0) is 0 Å². The minimum Gasteiger partial charge on any atom is -0.103 e. The summed E-state index contributed by atoms with van der Waals surface area (Å²) in [6, 6.07) is 24.8. The van der Waals surface area contributed by atoms with Crippen molar-refractivity contribution >= 4 is 27.3 Å². The van der Waals surface area contributed by atoms with Crippen LogP contribution in [0.15, 0.2) is 73.3 Å². The number of rotatable bonds is 8. The van der Waals surface area contributed by atoms with E-state index in [1.807, 2.05) is 0 Å². The highest BCUT2D eigenvalue weighted by Crippen LogP contribution is 2.34. The SMILES string of the molecule is C=CC[SiH](C)CCCP(c1ccccc1)c1ccccc1. The Labute approximate surface area is 132 Å². The molecule has 0 radical (unpaired) electrons. The second-order valence-corrected chi connectivity index (χ2v) is 11.2. The van der Waals surface area contributed by atoms with Gasteiger partial charge in [-0.15, -0.1) is 6.58 Å². The molecule has 0 aliphatic rings. The van der Waals surface area contributed by atoms with Crippen molar-refractivity contribution in [2.75, 3.05) is 6.16 Å². The molecule has 0 bridgehead atoms. The van der Waals surface area contributed by atoms with Crippen LogP contribution < -0.4 is 10.6 Å². The van der Waals surface area contributed by atoms with E-state index in [-0.39, 0.29) is 7.92 Å². The van der Waals surface area contributed by atoms with Gasteiger partial charge in [0.25, 0.3) is 0 Å². The molecule has 1 atom stereocenters. The molecule has 0 saturated carbocycles. The monoisotopic (exact) mass is 312 g/mol. The lowest BCUT2D eigenvalue weighted by molar-refractivity contribution is 1.07. The summed E-state index contributed by atoms with van der Waals surface area (Å²) in [5.41, 5.74) is 0. The summed E-state index contributed by atoms with van der Waals surface area (Å²) in [5, 5.41) is 3.02. The molecule has 0 amide bonds. The minimum absolute atomic E-state index is 0.194. The highest BCUT2D eigenvalue weighted by atomic mass is 31.1. The van der Waals surface area contributed by atoms with Gasteiger partial charge in [0.2, 0.25) is 0 Å². The smallest absolute Gasteiger partial charge is 0.0375 e. The fourth-order valence-corrected chi connectivity index (χ4v) is 7.05. The Morgan fingerprint density at radius 3 is 1.95 bits per heavy atom. The Kier molecular flexibility index (Phi) is 6.92. The van der Waals surface area contributed by atoms with Gasteiger partial charge in [-0.25, -0.2) is 0 Å². The van der Waals surface area contributed by atoms with Gasteiger partial charge < -0.3 is 0 Å². The van der Waals surface area contributed by atoms with E-state index in [9.17, 15) is 0 Å². The fraction of sp³-hybridized carbons (Fsp3) is 0.263. The van der Waals surface area contributed by atoms with Crippen LogP contribution in [0, 0.1) is 0 Å². The quantitative estimate of drug-likeness (QED) is 0.381. The molecule has 0 saturated heterocycles. The van der Waals surface area contributed by atoms with E-state index in [1.165, 1.54) is 35.3 Å². The first-order valence-corrected chi connectivity index (χ1v) is 12.1. The Balaban J connectivity index is 2.05. The van der Waals surface area contributed by atoms with Crippen LogP contribution in [0.25, 0.3) is 0 Å². The first-order valence-electron chi connectivity index (χ1n) is 7.80. The van der Waals surface area contributed by atoms with E-state index >= 15 is 0 Å². The summed E-state index contributed by atoms with van der Waals surface area (Å²) in [4.78, 5) is 0. The van der Waals surface area contributed by atoms with Gasteiger partial charge in [0.05, 0.1) is 0 Å². The molecule has 2 heteroatoms. The van der Waals surface area contributed by atoms with Gasteiger partial charge in [-0.2, -0.15) is 0 Å². The minimum atomic E-state index is -0.557. The molecular weight excluding hydrogens is 287 g/mol. The number of hydrogen-bond acceptors (Lipinski definition) is 0. The highest BCUT2D eigenvalue weighted by Gasteiger charge is 2.13. The fourth-order valence-electron chi connectivity index (χ4n) is 2.62. The van der Waals surface area contributed by atoms with Crippen molar-refractivity contribution in [3.8, 4) is 0 Å². The lowest BCUT2D eigenvalue weighted by Crippen LogP contribution is -2.15. The third kappa shape index (κ3) is 5.26. The van der Waals surface area contributed by atoms with Gasteiger partial charge in [0, 0.05) is 8.80 Å². The molecule has 2 aromatic rings. The molecule has 0 heterocycles. The van der Waals surface area contributed by atoms with Gasteiger partial charge in [-0.3, -0.25) is 0 Å². The lowest BCUT2D eigenvalue weighted by atomic mass is 10.4. The Hall–Kier alpha value is -1.17. The Morgan fingerprint density at radius 1 is 0.952 bits per heavy atom. The molecule has 0 aliphatic carbocycles. The van der Waals surface area contributed by atoms with E-state index in [1.54, 1.807) is 0 Å². The topological polar surface area (TPSA) is 0 Å². The van der Waals surface area contributed by atoms with Crippen molar-refractivity contribution in [2.24, 2.45) is 0 Å². The summed E-state index contributed by atoms with van der Waals surface area (Å²) in [5.74, 6) is 0. The normalized spacial score (nSPS) is 12.3. The molecule has 0 aromatic heterocycles. The summed E-state index contributed by atoms with van der Waals surface area (Å²) < 4.78 is 0. The van der Waals surface area contributed by atoms with Crippen LogP contribution >= 0.6 is 7.92 Å². The van der Waals surface area contributed by atoms with Gasteiger partial charge >= 0.3 is 0 Å². The summed E-state index contributed by atoms with van der Waals surface area (Å²) in [7, 11) is -0.751. The van der Waals surface area contributed by atoms with E-state index in [0.29, 0.717) is 0 Å². The van der Waals surface area contributed by atoms with Crippen LogP contribution in [0.5, 0.6) is 0 Å². The van der Waals surface area contributed by atoms with E-state index in [2.05, 4.69) is 79.9 Å². The maximum Gasteiger partial charge on any atom is 0.0375 e. The molecule has 0 spiro atoms. The van der Waals surface area contributed by atoms with Gasteiger partial charge in [-0.05, 0) is 30.7 Å². The van der Waals surface area contributed by atoms with Crippen LogP contribution in [0.2, 0.25) is 18.6 Å². The molecule has 0 aliphatic heterocycles. The maximum absolute atomic E-state index is 3.88. The van der Waals surface area contributed by atoms with Crippen LogP contribution in [-0.4, -0.2) is 15.0 Å². The molecule has 21 heavy (non-hydrogen) atoms. The van der Waals surface area contributed by atoms with Crippen LogP contribution in [0.4, 0.5) is 0 Å². The van der Waals surface area contributed by atoms with Gasteiger partial charge in [0.1, 0.15) is 0 Å². The largest absolute Gasteiger partial charge is 0.103 e. The predicted molar refractivity (Wildman–Crippen MR) is 101 cm³/mol. The van der Waals surface area contributed by atoms with E-state index in [4.69, 9.17) is 0 Å². The summed E-state index contributed by atoms with van der Waals surface area (Å²) >= 11 is 0.